The smallest absolute Gasteiger partial charge is 0.413 e. The molecular weight excluding hydrogens is 266 g/mol. The topological polar surface area (TPSA) is 56.1 Å². The molecule has 1 amide bonds. The van der Waals surface area contributed by atoms with Crippen LogP contribution in [0.3, 0.4) is 0 Å². The van der Waals surface area contributed by atoms with E-state index in [2.05, 4.69) is 10.4 Å². The second-order valence-electron chi connectivity index (χ2n) is 4.03. The van der Waals surface area contributed by atoms with Crippen molar-refractivity contribution in [3.8, 4) is 0 Å². The van der Waals surface area contributed by atoms with Gasteiger partial charge in [0.05, 0.1) is 6.20 Å². The molecule has 1 aromatic carbocycles. The molecule has 0 saturated carbocycles. The van der Waals surface area contributed by atoms with E-state index in [1.165, 1.54) is 0 Å². The van der Waals surface area contributed by atoms with Gasteiger partial charge in [-0.05, 0) is 13.0 Å². The second-order valence-corrected chi connectivity index (χ2v) is 4.44. The van der Waals surface area contributed by atoms with E-state index < -0.39 is 12.2 Å². The van der Waals surface area contributed by atoms with Crippen molar-refractivity contribution in [1.82, 2.24) is 9.78 Å². The largest absolute Gasteiger partial charge is 0.441 e. The standard InChI is InChI=1S/C13H14ClN3O2/c1-9(10-5-3-4-6-11(10)14)19-13(18)16-12-7-8-15-17(12)2/h3-9H,1-2H3,(H,16,18). The Labute approximate surface area is 116 Å². The number of benzene rings is 1. The normalized spacial score (nSPS) is 11.9. The minimum atomic E-state index is -0.545. The van der Waals surface area contributed by atoms with Gasteiger partial charge < -0.3 is 4.74 Å². The highest BCUT2D eigenvalue weighted by Crippen LogP contribution is 2.25. The Morgan fingerprint density at radius 3 is 2.79 bits per heavy atom. The first-order valence-corrected chi connectivity index (χ1v) is 6.16. The quantitative estimate of drug-likeness (QED) is 0.937. The fraction of sp³-hybridized carbons (Fsp3) is 0.231. The van der Waals surface area contributed by atoms with Gasteiger partial charge in [0.1, 0.15) is 11.9 Å². The number of nitrogens with one attached hydrogen (secondary N) is 1. The summed E-state index contributed by atoms with van der Waals surface area (Å²) in [5.41, 5.74) is 0.768. The molecule has 1 unspecified atom stereocenters. The van der Waals surface area contributed by atoms with Gasteiger partial charge in [-0.3, -0.25) is 10.00 Å². The van der Waals surface area contributed by atoms with Crippen molar-refractivity contribution in [2.75, 3.05) is 5.32 Å². The molecule has 0 saturated heterocycles. The van der Waals surface area contributed by atoms with E-state index in [1.807, 2.05) is 18.2 Å². The van der Waals surface area contributed by atoms with Crippen LogP contribution in [-0.4, -0.2) is 15.9 Å². The number of halogens is 1. The first-order chi connectivity index (χ1) is 9.08. The lowest BCUT2D eigenvalue weighted by Crippen LogP contribution is -2.18. The van der Waals surface area contributed by atoms with Crippen LogP contribution in [0, 0.1) is 0 Å². The third-order valence-electron chi connectivity index (χ3n) is 2.68. The summed E-state index contributed by atoms with van der Waals surface area (Å²) in [5, 5.41) is 7.13. The molecule has 0 spiro atoms. The minimum Gasteiger partial charge on any atom is -0.441 e. The zero-order valence-electron chi connectivity index (χ0n) is 10.6. The number of amides is 1. The number of hydrogen-bond acceptors (Lipinski definition) is 3. The number of anilines is 1. The van der Waals surface area contributed by atoms with Crippen molar-refractivity contribution in [1.29, 1.82) is 0 Å². The van der Waals surface area contributed by atoms with Crippen LogP contribution in [0.4, 0.5) is 10.6 Å². The average molecular weight is 280 g/mol. The number of hydrogen-bond donors (Lipinski definition) is 1. The summed E-state index contributed by atoms with van der Waals surface area (Å²) in [7, 11) is 1.73. The highest BCUT2D eigenvalue weighted by molar-refractivity contribution is 6.31. The van der Waals surface area contributed by atoms with Gasteiger partial charge in [0.2, 0.25) is 0 Å². The average Bonchev–Trinajstić information content (AvgIpc) is 2.75. The molecule has 2 rings (SSSR count). The lowest BCUT2D eigenvalue weighted by Gasteiger charge is -2.15. The number of nitrogens with zero attached hydrogens (tertiary/aromatic N) is 2. The van der Waals surface area contributed by atoms with Gasteiger partial charge in [-0.15, -0.1) is 0 Å². The Hall–Kier alpha value is -2.01. The molecule has 1 N–H and O–H groups in total. The Morgan fingerprint density at radius 2 is 2.16 bits per heavy atom. The summed E-state index contributed by atoms with van der Waals surface area (Å²) in [6, 6.07) is 8.94. The molecule has 6 heteroatoms. The van der Waals surface area contributed by atoms with Gasteiger partial charge in [-0.25, -0.2) is 4.79 Å². The number of carbonyl (C=O) groups is 1. The van der Waals surface area contributed by atoms with Crippen molar-refractivity contribution in [2.24, 2.45) is 7.05 Å². The van der Waals surface area contributed by atoms with Crippen molar-refractivity contribution >= 4 is 23.5 Å². The second kappa shape index (κ2) is 5.75. The monoisotopic (exact) mass is 279 g/mol. The molecular formula is C13H14ClN3O2. The first-order valence-electron chi connectivity index (χ1n) is 5.78. The number of ether oxygens (including phenoxy) is 1. The zero-order valence-corrected chi connectivity index (χ0v) is 11.4. The van der Waals surface area contributed by atoms with Crippen LogP contribution >= 0.6 is 11.6 Å². The fourth-order valence-electron chi connectivity index (χ4n) is 1.66. The lowest BCUT2D eigenvalue weighted by atomic mass is 10.1. The van der Waals surface area contributed by atoms with Crippen LogP contribution in [0.25, 0.3) is 0 Å². The van der Waals surface area contributed by atoms with Crippen LogP contribution in [0.2, 0.25) is 5.02 Å². The summed E-state index contributed by atoms with van der Waals surface area (Å²) in [4.78, 5) is 11.7. The van der Waals surface area contributed by atoms with Crippen LogP contribution < -0.4 is 5.32 Å². The number of aromatic nitrogens is 2. The van der Waals surface area contributed by atoms with Crippen molar-refractivity contribution in [3.05, 3.63) is 47.1 Å². The highest BCUT2D eigenvalue weighted by Gasteiger charge is 2.15. The molecule has 1 atom stereocenters. The third kappa shape index (κ3) is 3.26. The summed E-state index contributed by atoms with van der Waals surface area (Å²) in [6.45, 7) is 1.77. The Morgan fingerprint density at radius 1 is 1.42 bits per heavy atom. The molecule has 1 aromatic heterocycles. The van der Waals surface area contributed by atoms with Gasteiger partial charge in [0, 0.05) is 23.7 Å². The summed E-state index contributed by atoms with van der Waals surface area (Å²) in [5.74, 6) is 0.566. The van der Waals surface area contributed by atoms with Gasteiger partial charge in [0.15, 0.2) is 0 Å². The number of carbonyl (C=O) groups excluding carboxylic acids is 1. The molecule has 1 heterocycles. The van der Waals surface area contributed by atoms with E-state index in [1.54, 1.807) is 37.0 Å². The molecule has 2 aromatic rings. The first kappa shape index (κ1) is 13.4. The van der Waals surface area contributed by atoms with E-state index in [4.69, 9.17) is 16.3 Å². The van der Waals surface area contributed by atoms with E-state index in [0.717, 1.165) is 5.56 Å². The third-order valence-corrected chi connectivity index (χ3v) is 3.02. The predicted molar refractivity (Wildman–Crippen MR) is 73.2 cm³/mol. The molecule has 0 radical (unpaired) electrons. The van der Waals surface area contributed by atoms with E-state index in [0.29, 0.717) is 10.8 Å². The maximum Gasteiger partial charge on any atom is 0.413 e. The van der Waals surface area contributed by atoms with Crippen molar-refractivity contribution < 1.29 is 9.53 Å². The summed E-state index contributed by atoms with van der Waals surface area (Å²) in [6.07, 6.45) is 0.616. The molecule has 0 aliphatic rings. The van der Waals surface area contributed by atoms with Crippen molar-refractivity contribution in [3.63, 3.8) is 0 Å². The molecule has 0 aliphatic carbocycles. The Kier molecular flexibility index (Phi) is 4.06. The minimum absolute atomic E-state index is 0.429. The lowest BCUT2D eigenvalue weighted by molar-refractivity contribution is 0.121. The van der Waals surface area contributed by atoms with Crippen molar-refractivity contribution in [2.45, 2.75) is 13.0 Å². The van der Waals surface area contributed by atoms with Gasteiger partial charge in [-0.2, -0.15) is 5.10 Å². The highest BCUT2D eigenvalue weighted by atomic mass is 35.5. The Balaban J connectivity index is 2.00. The van der Waals surface area contributed by atoms with Crippen LogP contribution in [-0.2, 0) is 11.8 Å². The molecule has 0 fully saturated rings. The fourth-order valence-corrected chi connectivity index (χ4v) is 1.95. The maximum atomic E-state index is 11.7. The van der Waals surface area contributed by atoms with Gasteiger partial charge in [0.25, 0.3) is 0 Å². The Bertz CT molecular complexity index is 583. The van der Waals surface area contributed by atoms with Crippen LogP contribution in [0.1, 0.15) is 18.6 Å². The SMILES string of the molecule is CC(OC(=O)Nc1ccnn1C)c1ccccc1Cl. The molecule has 0 aliphatic heterocycles. The summed E-state index contributed by atoms with van der Waals surface area (Å²) >= 11 is 6.04. The van der Waals surface area contributed by atoms with E-state index >= 15 is 0 Å². The number of aryl methyl sites for hydroxylation is 1. The van der Waals surface area contributed by atoms with Gasteiger partial charge >= 0.3 is 6.09 Å². The maximum absolute atomic E-state index is 11.7. The molecule has 5 nitrogen and oxygen atoms in total. The van der Waals surface area contributed by atoms with Gasteiger partial charge in [-0.1, -0.05) is 29.8 Å². The summed E-state index contributed by atoms with van der Waals surface area (Å²) < 4.78 is 6.81. The predicted octanol–water partition coefficient (Wildman–Crippen LogP) is 3.38. The molecule has 19 heavy (non-hydrogen) atoms. The van der Waals surface area contributed by atoms with E-state index in [-0.39, 0.29) is 0 Å². The number of rotatable bonds is 3. The van der Waals surface area contributed by atoms with E-state index in [9.17, 15) is 4.79 Å². The van der Waals surface area contributed by atoms with Crippen LogP contribution in [0.5, 0.6) is 0 Å². The molecule has 100 valence electrons. The van der Waals surface area contributed by atoms with Crippen LogP contribution in [0.15, 0.2) is 36.5 Å². The zero-order chi connectivity index (χ0) is 13.8. The molecule has 0 bridgehead atoms.